The van der Waals surface area contributed by atoms with Crippen LogP contribution < -0.4 is 0 Å². The second kappa shape index (κ2) is 8.15. The monoisotopic (exact) mass is 363 g/mol. The third-order valence-electron chi connectivity index (χ3n) is 4.43. The Hall–Kier alpha value is -3.97. The van der Waals surface area contributed by atoms with Gasteiger partial charge in [-0.3, -0.25) is 0 Å². The molecule has 3 aromatic carbocycles. The van der Waals surface area contributed by atoms with Crippen LogP contribution in [-0.2, 0) is 0 Å². The van der Waals surface area contributed by atoms with Gasteiger partial charge in [0.05, 0.1) is 5.92 Å². The zero-order chi connectivity index (χ0) is 19.2. The summed E-state index contributed by atoms with van der Waals surface area (Å²) in [6.45, 7) is 0. The smallest absolute Gasteiger partial charge is 0.268 e. The number of rotatable bonds is 5. The molecule has 0 amide bonds. The van der Waals surface area contributed by atoms with E-state index in [1.54, 1.807) is 6.08 Å². The van der Waals surface area contributed by atoms with Crippen LogP contribution in [0.15, 0.2) is 95.5 Å². The van der Waals surface area contributed by atoms with Crippen molar-refractivity contribution in [1.82, 2.24) is 10.1 Å². The van der Waals surface area contributed by atoms with Gasteiger partial charge in [-0.05, 0) is 22.8 Å². The largest absolute Gasteiger partial charge is 0.333 e. The highest BCUT2D eigenvalue weighted by atomic mass is 16.5. The molecule has 0 N–H and O–H groups in total. The van der Waals surface area contributed by atoms with Crippen molar-refractivity contribution in [2.45, 2.75) is 5.92 Å². The van der Waals surface area contributed by atoms with E-state index in [9.17, 15) is 5.26 Å². The van der Waals surface area contributed by atoms with Gasteiger partial charge in [-0.2, -0.15) is 10.2 Å². The van der Waals surface area contributed by atoms with Crippen molar-refractivity contribution in [2.24, 2.45) is 0 Å². The fourth-order valence-corrected chi connectivity index (χ4v) is 3.10. The average molecular weight is 363 g/mol. The Kier molecular flexibility index (Phi) is 5.08. The molecule has 0 unspecified atom stereocenters. The van der Waals surface area contributed by atoms with Crippen LogP contribution in [0.3, 0.4) is 0 Å². The molecule has 0 bridgehead atoms. The zero-order valence-corrected chi connectivity index (χ0v) is 15.1. The molecule has 1 aromatic heterocycles. The molecular formula is C24H17N3O. The van der Waals surface area contributed by atoms with Crippen LogP contribution >= 0.6 is 0 Å². The van der Waals surface area contributed by atoms with E-state index in [0.717, 1.165) is 16.7 Å². The number of nitrogens with zero attached hydrogens (tertiary/aromatic N) is 3. The van der Waals surface area contributed by atoms with Gasteiger partial charge in [0.2, 0.25) is 0 Å². The van der Waals surface area contributed by atoms with E-state index < -0.39 is 0 Å². The van der Waals surface area contributed by atoms with Crippen molar-refractivity contribution < 1.29 is 4.52 Å². The molecule has 4 aromatic rings. The maximum Gasteiger partial charge on any atom is 0.268 e. The number of benzene rings is 3. The van der Waals surface area contributed by atoms with E-state index in [1.807, 2.05) is 91.0 Å². The second-order valence-electron chi connectivity index (χ2n) is 6.29. The molecule has 0 aliphatic carbocycles. The number of nitriles is 1. The first kappa shape index (κ1) is 17.4. The Morgan fingerprint density at radius 3 is 1.89 bits per heavy atom. The molecule has 4 heteroatoms. The lowest BCUT2D eigenvalue weighted by molar-refractivity contribution is 0.401. The molecule has 0 aliphatic rings. The van der Waals surface area contributed by atoms with Crippen molar-refractivity contribution in [3.63, 3.8) is 0 Å². The van der Waals surface area contributed by atoms with E-state index >= 15 is 0 Å². The van der Waals surface area contributed by atoms with Crippen molar-refractivity contribution in [2.75, 3.05) is 0 Å². The zero-order valence-electron chi connectivity index (χ0n) is 15.1. The highest BCUT2D eigenvalue weighted by molar-refractivity contribution is 5.86. The van der Waals surface area contributed by atoms with Gasteiger partial charge in [0.15, 0.2) is 5.82 Å². The fourth-order valence-electron chi connectivity index (χ4n) is 3.10. The summed E-state index contributed by atoms with van der Waals surface area (Å²) < 4.78 is 5.46. The molecule has 28 heavy (non-hydrogen) atoms. The number of aromatic nitrogens is 2. The standard InChI is InChI=1S/C24H17N3O/c25-17-21(16-18-10-4-1-5-11-18)24-26-23(27-28-24)22(19-12-6-2-7-13-19)20-14-8-3-9-15-20/h1-16,22H/b21-16+. The van der Waals surface area contributed by atoms with Gasteiger partial charge in [0.25, 0.3) is 5.89 Å². The lowest BCUT2D eigenvalue weighted by atomic mass is 9.91. The van der Waals surface area contributed by atoms with E-state index in [2.05, 4.69) is 16.2 Å². The summed E-state index contributed by atoms with van der Waals surface area (Å²) in [6, 6.07) is 31.8. The van der Waals surface area contributed by atoms with Crippen LogP contribution in [0.5, 0.6) is 0 Å². The van der Waals surface area contributed by atoms with E-state index in [4.69, 9.17) is 4.52 Å². The van der Waals surface area contributed by atoms with Crippen molar-refractivity contribution in [3.05, 3.63) is 119 Å². The molecule has 1 heterocycles. The van der Waals surface area contributed by atoms with E-state index in [-0.39, 0.29) is 11.8 Å². The van der Waals surface area contributed by atoms with Gasteiger partial charge in [-0.25, -0.2) is 0 Å². The van der Waals surface area contributed by atoms with Crippen molar-refractivity contribution in [1.29, 1.82) is 5.26 Å². The molecule has 134 valence electrons. The van der Waals surface area contributed by atoms with Crippen LogP contribution in [0.2, 0.25) is 0 Å². The molecule has 0 saturated heterocycles. The minimum Gasteiger partial charge on any atom is -0.333 e. The van der Waals surface area contributed by atoms with Crippen LogP contribution in [0, 0.1) is 11.3 Å². The summed E-state index contributed by atoms with van der Waals surface area (Å²) in [7, 11) is 0. The Morgan fingerprint density at radius 1 is 0.821 bits per heavy atom. The maximum absolute atomic E-state index is 9.58. The minimum absolute atomic E-state index is 0.170. The summed E-state index contributed by atoms with van der Waals surface area (Å²) in [5, 5.41) is 13.8. The summed E-state index contributed by atoms with van der Waals surface area (Å²) >= 11 is 0. The molecule has 0 spiro atoms. The van der Waals surface area contributed by atoms with Gasteiger partial charge in [0.1, 0.15) is 11.6 Å². The number of allylic oxidation sites excluding steroid dienone is 1. The predicted molar refractivity (Wildman–Crippen MR) is 108 cm³/mol. The Labute approximate surface area is 163 Å². The fraction of sp³-hybridized carbons (Fsp3) is 0.0417. The third kappa shape index (κ3) is 3.74. The second-order valence-corrected chi connectivity index (χ2v) is 6.29. The Morgan fingerprint density at radius 2 is 1.36 bits per heavy atom. The first-order valence-electron chi connectivity index (χ1n) is 8.96. The van der Waals surface area contributed by atoms with Gasteiger partial charge < -0.3 is 4.52 Å². The third-order valence-corrected chi connectivity index (χ3v) is 4.43. The van der Waals surface area contributed by atoms with Crippen molar-refractivity contribution >= 4 is 11.6 Å². The molecule has 4 rings (SSSR count). The molecule has 0 atom stereocenters. The first-order chi connectivity index (χ1) is 13.8. The topological polar surface area (TPSA) is 62.7 Å². The predicted octanol–water partition coefficient (Wildman–Crippen LogP) is 5.31. The average Bonchev–Trinajstić information content (AvgIpc) is 3.24. The molecule has 0 radical (unpaired) electrons. The molecule has 4 nitrogen and oxygen atoms in total. The van der Waals surface area contributed by atoms with Crippen molar-refractivity contribution in [3.8, 4) is 6.07 Å². The van der Waals surface area contributed by atoms with Crippen LogP contribution in [0.1, 0.15) is 34.3 Å². The van der Waals surface area contributed by atoms with Gasteiger partial charge in [0, 0.05) is 0 Å². The van der Waals surface area contributed by atoms with Gasteiger partial charge in [-0.1, -0.05) is 96.2 Å². The number of hydrogen-bond donors (Lipinski definition) is 0. The Balaban J connectivity index is 1.75. The summed E-state index contributed by atoms with van der Waals surface area (Å²) in [4.78, 5) is 4.56. The summed E-state index contributed by atoms with van der Waals surface area (Å²) in [5.74, 6) is 0.580. The Bertz CT molecular complexity index is 1070. The summed E-state index contributed by atoms with van der Waals surface area (Å²) in [6.07, 6.45) is 1.75. The first-order valence-corrected chi connectivity index (χ1v) is 8.96. The van der Waals surface area contributed by atoms with E-state index in [0.29, 0.717) is 11.4 Å². The highest BCUT2D eigenvalue weighted by Crippen LogP contribution is 2.30. The quantitative estimate of drug-likeness (QED) is 0.451. The van der Waals surface area contributed by atoms with Crippen LogP contribution in [-0.4, -0.2) is 10.1 Å². The minimum atomic E-state index is -0.170. The van der Waals surface area contributed by atoms with Crippen LogP contribution in [0.4, 0.5) is 0 Å². The normalized spacial score (nSPS) is 11.4. The SMILES string of the molecule is N#C/C(=C\c1ccccc1)c1nc(C(c2ccccc2)c2ccccc2)no1. The molecule has 0 aliphatic heterocycles. The molecule has 0 saturated carbocycles. The van der Waals surface area contributed by atoms with Gasteiger partial charge in [-0.15, -0.1) is 0 Å². The number of hydrogen-bond acceptors (Lipinski definition) is 4. The lowest BCUT2D eigenvalue weighted by Crippen LogP contribution is -2.05. The summed E-state index contributed by atoms with van der Waals surface area (Å²) in [5.41, 5.74) is 3.37. The van der Waals surface area contributed by atoms with Crippen LogP contribution in [0.25, 0.3) is 11.6 Å². The lowest BCUT2D eigenvalue weighted by Gasteiger charge is -2.13. The maximum atomic E-state index is 9.58. The highest BCUT2D eigenvalue weighted by Gasteiger charge is 2.23. The van der Waals surface area contributed by atoms with Gasteiger partial charge >= 0.3 is 0 Å². The molecule has 0 fully saturated rings. The molecular weight excluding hydrogens is 346 g/mol. The van der Waals surface area contributed by atoms with E-state index in [1.165, 1.54) is 0 Å².